The van der Waals surface area contributed by atoms with Gasteiger partial charge in [0.15, 0.2) is 5.65 Å². The molecule has 2 heterocycles. The lowest BCUT2D eigenvalue weighted by Gasteiger charge is -2.07. The van der Waals surface area contributed by atoms with Crippen LogP contribution in [-0.2, 0) is 11.3 Å². The molecule has 8 nitrogen and oxygen atoms in total. The average molecular weight is 375 g/mol. The number of hydrogen-bond acceptors (Lipinski definition) is 6. The van der Waals surface area contributed by atoms with E-state index in [0.717, 1.165) is 5.39 Å². The van der Waals surface area contributed by atoms with Gasteiger partial charge >= 0.3 is 0 Å². The zero-order valence-electron chi connectivity index (χ0n) is 14.3. The summed E-state index contributed by atoms with van der Waals surface area (Å²) in [7, 11) is 1.65. The molecule has 0 spiro atoms. The normalized spacial score (nSPS) is 10.8. The number of fused-ring (bicyclic) bond motifs is 1. The van der Waals surface area contributed by atoms with Crippen LogP contribution in [0.5, 0.6) is 0 Å². The van der Waals surface area contributed by atoms with Crippen molar-refractivity contribution in [1.29, 1.82) is 0 Å². The van der Waals surface area contributed by atoms with Crippen LogP contribution in [0.15, 0.2) is 36.8 Å². The van der Waals surface area contributed by atoms with Crippen molar-refractivity contribution in [3.8, 4) is 0 Å². The summed E-state index contributed by atoms with van der Waals surface area (Å²) < 4.78 is 6.76. The lowest BCUT2D eigenvalue weighted by Crippen LogP contribution is -2.27. The van der Waals surface area contributed by atoms with Gasteiger partial charge in [-0.05, 0) is 24.3 Å². The summed E-state index contributed by atoms with van der Waals surface area (Å²) in [6.07, 6.45) is 3.20. The largest absolute Gasteiger partial charge is 0.383 e. The second-order valence-electron chi connectivity index (χ2n) is 5.51. The highest BCUT2D eigenvalue weighted by Gasteiger charge is 2.10. The molecular weight excluding hydrogens is 356 g/mol. The van der Waals surface area contributed by atoms with Gasteiger partial charge in [-0.25, -0.2) is 14.6 Å². The first-order valence-corrected chi connectivity index (χ1v) is 8.50. The molecule has 0 aliphatic heterocycles. The Morgan fingerprint density at radius 3 is 2.81 bits per heavy atom. The minimum absolute atomic E-state index is 0.158. The quantitative estimate of drug-likeness (QED) is 0.585. The SMILES string of the molecule is COCCNc1ncnc2c1cnn2CCNC(=O)c1ccc(Cl)cc1. The van der Waals surface area contributed by atoms with Gasteiger partial charge < -0.3 is 15.4 Å². The molecule has 0 bridgehead atoms. The minimum Gasteiger partial charge on any atom is -0.383 e. The number of rotatable bonds is 8. The third-order valence-electron chi connectivity index (χ3n) is 3.75. The zero-order valence-corrected chi connectivity index (χ0v) is 15.0. The minimum atomic E-state index is -0.158. The van der Waals surface area contributed by atoms with Gasteiger partial charge in [-0.2, -0.15) is 5.10 Å². The van der Waals surface area contributed by atoms with Crippen LogP contribution in [0.4, 0.5) is 5.82 Å². The molecule has 1 amide bonds. The Labute approximate surface area is 155 Å². The molecule has 0 radical (unpaired) electrons. The van der Waals surface area contributed by atoms with Crippen molar-refractivity contribution >= 4 is 34.4 Å². The topological polar surface area (TPSA) is 94.0 Å². The number of amides is 1. The van der Waals surface area contributed by atoms with E-state index < -0.39 is 0 Å². The van der Waals surface area contributed by atoms with Crippen molar-refractivity contribution in [1.82, 2.24) is 25.1 Å². The number of benzene rings is 1. The van der Waals surface area contributed by atoms with E-state index in [4.69, 9.17) is 16.3 Å². The number of aromatic nitrogens is 4. The van der Waals surface area contributed by atoms with Gasteiger partial charge in [0.05, 0.1) is 24.7 Å². The van der Waals surface area contributed by atoms with E-state index in [-0.39, 0.29) is 5.91 Å². The molecule has 0 unspecified atom stereocenters. The molecule has 136 valence electrons. The molecule has 3 aromatic rings. The molecule has 1 aromatic carbocycles. The van der Waals surface area contributed by atoms with Crippen LogP contribution in [0.1, 0.15) is 10.4 Å². The number of anilines is 1. The van der Waals surface area contributed by atoms with Gasteiger partial charge in [-0.15, -0.1) is 0 Å². The van der Waals surface area contributed by atoms with Crippen molar-refractivity contribution in [3.05, 3.63) is 47.4 Å². The summed E-state index contributed by atoms with van der Waals surface area (Å²) in [4.78, 5) is 20.6. The summed E-state index contributed by atoms with van der Waals surface area (Å²) in [5.41, 5.74) is 1.27. The van der Waals surface area contributed by atoms with Crippen LogP contribution in [-0.4, -0.2) is 52.5 Å². The highest BCUT2D eigenvalue weighted by Crippen LogP contribution is 2.18. The highest BCUT2D eigenvalue weighted by atomic mass is 35.5. The van der Waals surface area contributed by atoms with E-state index in [1.54, 1.807) is 42.3 Å². The first-order valence-electron chi connectivity index (χ1n) is 8.12. The molecule has 0 aliphatic carbocycles. The summed E-state index contributed by atoms with van der Waals surface area (Å²) in [5, 5.41) is 11.8. The van der Waals surface area contributed by atoms with E-state index >= 15 is 0 Å². The number of nitrogens with zero attached hydrogens (tertiary/aromatic N) is 4. The van der Waals surface area contributed by atoms with Gasteiger partial charge in [0.25, 0.3) is 5.91 Å². The van der Waals surface area contributed by atoms with Crippen LogP contribution < -0.4 is 10.6 Å². The molecule has 9 heteroatoms. The van der Waals surface area contributed by atoms with Crippen LogP contribution >= 0.6 is 11.6 Å². The number of halogens is 1. The van der Waals surface area contributed by atoms with Gasteiger partial charge in [-0.3, -0.25) is 4.79 Å². The van der Waals surface area contributed by atoms with Crippen molar-refractivity contribution in [2.24, 2.45) is 0 Å². The number of hydrogen-bond donors (Lipinski definition) is 2. The molecule has 26 heavy (non-hydrogen) atoms. The van der Waals surface area contributed by atoms with E-state index in [1.807, 2.05) is 0 Å². The number of carbonyl (C=O) groups excluding carboxylic acids is 1. The molecule has 2 aromatic heterocycles. The van der Waals surface area contributed by atoms with E-state index in [9.17, 15) is 4.79 Å². The third-order valence-corrected chi connectivity index (χ3v) is 4.00. The van der Waals surface area contributed by atoms with E-state index in [2.05, 4.69) is 25.7 Å². The summed E-state index contributed by atoms with van der Waals surface area (Å²) in [6, 6.07) is 6.75. The summed E-state index contributed by atoms with van der Waals surface area (Å²) in [5.74, 6) is 0.554. The molecule has 2 N–H and O–H groups in total. The molecule has 0 fully saturated rings. The van der Waals surface area contributed by atoms with Crippen LogP contribution in [0.3, 0.4) is 0 Å². The van der Waals surface area contributed by atoms with Crippen molar-refractivity contribution in [3.63, 3.8) is 0 Å². The molecule has 0 saturated heterocycles. The lowest BCUT2D eigenvalue weighted by molar-refractivity contribution is 0.0952. The van der Waals surface area contributed by atoms with E-state index in [1.165, 1.54) is 6.33 Å². The Morgan fingerprint density at radius 1 is 1.23 bits per heavy atom. The number of ether oxygens (including phenoxy) is 1. The summed E-state index contributed by atoms with van der Waals surface area (Å²) in [6.45, 7) is 2.15. The fourth-order valence-corrected chi connectivity index (χ4v) is 2.57. The Bertz CT molecular complexity index is 881. The highest BCUT2D eigenvalue weighted by molar-refractivity contribution is 6.30. The Hall–Kier alpha value is -2.71. The Balaban J connectivity index is 1.61. The zero-order chi connectivity index (χ0) is 18.4. The van der Waals surface area contributed by atoms with Crippen molar-refractivity contribution < 1.29 is 9.53 Å². The maximum absolute atomic E-state index is 12.1. The smallest absolute Gasteiger partial charge is 0.251 e. The van der Waals surface area contributed by atoms with Gasteiger partial charge in [-0.1, -0.05) is 11.6 Å². The number of carbonyl (C=O) groups is 1. The standard InChI is InChI=1S/C17H19ClN6O2/c1-26-9-7-19-15-14-10-23-24(16(14)22-11-21-15)8-6-20-17(25)12-2-4-13(18)5-3-12/h2-5,10-11H,6-9H2,1H3,(H,20,25)(H,19,21,22). The lowest BCUT2D eigenvalue weighted by atomic mass is 10.2. The Morgan fingerprint density at radius 2 is 2.04 bits per heavy atom. The average Bonchev–Trinajstić information content (AvgIpc) is 3.06. The first-order chi connectivity index (χ1) is 12.7. The molecule has 0 atom stereocenters. The third kappa shape index (κ3) is 4.27. The molecule has 0 aliphatic rings. The first kappa shape index (κ1) is 18.1. The number of methoxy groups -OCH3 is 1. The molecule has 0 saturated carbocycles. The van der Waals surface area contributed by atoms with Crippen LogP contribution in [0.25, 0.3) is 11.0 Å². The summed E-state index contributed by atoms with van der Waals surface area (Å²) >= 11 is 5.83. The predicted molar refractivity (Wildman–Crippen MR) is 99.5 cm³/mol. The maximum Gasteiger partial charge on any atom is 0.251 e. The maximum atomic E-state index is 12.1. The monoisotopic (exact) mass is 374 g/mol. The second kappa shape index (κ2) is 8.59. The van der Waals surface area contributed by atoms with Crippen molar-refractivity contribution in [2.75, 3.05) is 32.1 Å². The fourth-order valence-electron chi connectivity index (χ4n) is 2.45. The molecular formula is C17H19ClN6O2. The number of nitrogens with one attached hydrogen (secondary N) is 2. The fraction of sp³-hybridized carbons (Fsp3) is 0.294. The van der Waals surface area contributed by atoms with E-state index in [0.29, 0.717) is 48.3 Å². The Kier molecular flexibility index (Phi) is 5.98. The van der Waals surface area contributed by atoms with Crippen LogP contribution in [0, 0.1) is 0 Å². The van der Waals surface area contributed by atoms with Crippen molar-refractivity contribution in [2.45, 2.75) is 6.54 Å². The van der Waals surface area contributed by atoms with Gasteiger partial charge in [0.1, 0.15) is 12.1 Å². The van der Waals surface area contributed by atoms with Gasteiger partial charge in [0, 0.05) is 30.8 Å². The van der Waals surface area contributed by atoms with Crippen LogP contribution in [0.2, 0.25) is 5.02 Å². The molecule has 3 rings (SSSR count). The predicted octanol–water partition coefficient (Wildman–Crippen LogP) is 1.97. The second-order valence-corrected chi connectivity index (χ2v) is 5.95. The van der Waals surface area contributed by atoms with Gasteiger partial charge in [0.2, 0.25) is 0 Å².